The highest BCUT2D eigenvalue weighted by molar-refractivity contribution is 5.87. The minimum atomic E-state index is -0.417. The highest BCUT2D eigenvalue weighted by Crippen LogP contribution is 1.90. The van der Waals surface area contributed by atoms with Crippen LogP contribution in [-0.4, -0.2) is 91.4 Å². The number of nitrogens with zero attached hydrogens (tertiary/aromatic N) is 7. The molecule has 0 saturated heterocycles. The van der Waals surface area contributed by atoms with Crippen LogP contribution >= 0.6 is 0 Å². The molecule has 15 heteroatoms. The molecule has 2 rings (SSSR count). The fourth-order valence-corrected chi connectivity index (χ4v) is 1.56. The number of urea groups is 2. The molecule has 0 radical (unpaired) electrons. The molecule has 0 aliphatic carbocycles. The number of carbonyl (C=O) groups excluding carboxylic acids is 2. The van der Waals surface area contributed by atoms with Crippen LogP contribution in [0.4, 0.5) is 21.5 Å². The molecule has 2 aromatic heterocycles. The van der Waals surface area contributed by atoms with E-state index < -0.39 is 12.1 Å². The molecule has 15 nitrogen and oxygen atoms in total. The van der Waals surface area contributed by atoms with E-state index in [0.717, 1.165) is 0 Å². The molecule has 4 amide bonds. The molecule has 2 aromatic rings. The van der Waals surface area contributed by atoms with E-state index in [2.05, 4.69) is 62.5 Å². The van der Waals surface area contributed by atoms with Crippen LogP contribution in [0.3, 0.4) is 0 Å². The predicted molar refractivity (Wildman–Crippen MR) is 79.9 cm³/mol. The van der Waals surface area contributed by atoms with Gasteiger partial charge >= 0.3 is 12.1 Å². The minimum absolute atomic E-state index is 0.165. The Kier molecular flexibility index (Phi) is 6.33. The van der Waals surface area contributed by atoms with Gasteiger partial charge < -0.3 is 15.5 Å². The zero-order valence-corrected chi connectivity index (χ0v) is 12.8. The van der Waals surface area contributed by atoms with Gasteiger partial charge in [0.1, 0.15) is 0 Å². The number of hydrogen-bond acceptors (Lipinski definition) is 9. The molecular weight excluding hydrogens is 322 g/mol. The molecule has 0 atom stereocenters. The number of aromatic nitrogens is 8. The molecule has 0 fully saturated rings. The summed E-state index contributed by atoms with van der Waals surface area (Å²) in [6.45, 7) is 2.02. The van der Waals surface area contributed by atoms with E-state index in [1.807, 2.05) is 11.9 Å². The number of aromatic amines is 2. The molecule has 130 valence electrons. The fourth-order valence-electron chi connectivity index (χ4n) is 1.56. The molecule has 0 bridgehead atoms. The third kappa shape index (κ3) is 6.18. The second-order valence-corrected chi connectivity index (χ2v) is 4.56. The fraction of sp³-hybridized carbons (Fsp3) is 0.556. The van der Waals surface area contributed by atoms with Crippen LogP contribution in [0, 0.1) is 0 Å². The van der Waals surface area contributed by atoms with Crippen LogP contribution in [0.25, 0.3) is 0 Å². The summed E-state index contributed by atoms with van der Waals surface area (Å²) in [5, 5.41) is 35.3. The lowest BCUT2D eigenvalue weighted by molar-refractivity contribution is 0.247. The Balaban J connectivity index is 1.51. The maximum atomic E-state index is 11.5. The minimum Gasteiger partial charge on any atom is -0.337 e. The van der Waals surface area contributed by atoms with Crippen molar-refractivity contribution in [3.05, 3.63) is 0 Å². The Morgan fingerprint density at radius 1 is 0.917 bits per heavy atom. The summed E-state index contributed by atoms with van der Waals surface area (Å²) in [5.74, 6) is 0.330. The van der Waals surface area contributed by atoms with E-state index >= 15 is 0 Å². The maximum Gasteiger partial charge on any atom is 0.321 e. The van der Waals surface area contributed by atoms with Crippen molar-refractivity contribution in [1.29, 1.82) is 0 Å². The number of likely N-dealkylation sites (N-methyl/N-ethyl adjacent to an activating group) is 1. The third-order valence-corrected chi connectivity index (χ3v) is 2.71. The van der Waals surface area contributed by atoms with Crippen molar-refractivity contribution < 1.29 is 9.59 Å². The molecule has 24 heavy (non-hydrogen) atoms. The van der Waals surface area contributed by atoms with Gasteiger partial charge in [0.15, 0.2) is 0 Å². The Labute approximate surface area is 135 Å². The Morgan fingerprint density at radius 2 is 1.38 bits per heavy atom. The number of H-pyrrole nitrogens is 2. The van der Waals surface area contributed by atoms with Gasteiger partial charge in [-0.05, 0) is 27.9 Å². The van der Waals surface area contributed by atoms with Gasteiger partial charge in [-0.1, -0.05) is 10.2 Å². The van der Waals surface area contributed by atoms with Gasteiger partial charge in [0, 0.05) is 26.2 Å². The lowest BCUT2D eigenvalue weighted by Gasteiger charge is -2.17. The van der Waals surface area contributed by atoms with Crippen molar-refractivity contribution >= 4 is 24.0 Å². The first-order valence-corrected chi connectivity index (χ1v) is 6.89. The van der Waals surface area contributed by atoms with Gasteiger partial charge in [-0.25, -0.2) is 19.8 Å². The Hall–Kier alpha value is -3.36. The second kappa shape index (κ2) is 8.93. The summed E-state index contributed by atoms with van der Waals surface area (Å²) in [5.41, 5.74) is 0. The van der Waals surface area contributed by atoms with E-state index in [9.17, 15) is 9.59 Å². The SMILES string of the molecule is CN(CCNC(=O)Nc1nnn[nH]1)CCNC(=O)Nc1nnn[nH]1. The zero-order valence-electron chi connectivity index (χ0n) is 12.8. The Bertz CT molecular complexity index is 557. The van der Waals surface area contributed by atoms with Crippen molar-refractivity contribution in [3.63, 3.8) is 0 Å². The van der Waals surface area contributed by atoms with Gasteiger partial charge in [0.05, 0.1) is 0 Å². The van der Waals surface area contributed by atoms with E-state index in [-0.39, 0.29) is 11.9 Å². The number of carbonyl (C=O) groups is 2. The van der Waals surface area contributed by atoms with Crippen LogP contribution in [0.1, 0.15) is 0 Å². The van der Waals surface area contributed by atoms with E-state index in [1.54, 1.807) is 0 Å². The van der Waals surface area contributed by atoms with Crippen LogP contribution in [0.5, 0.6) is 0 Å². The molecule has 0 aromatic carbocycles. The monoisotopic (exact) mass is 339 g/mol. The normalized spacial score (nSPS) is 10.4. The summed E-state index contributed by atoms with van der Waals surface area (Å²) in [7, 11) is 1.86. The largest absolute Gasteiger partial charge is 0.337 e. The van der Waals surface area contributed by atoms with Gasteiger partial charge in [-0.3, -0.25) is 10.6 Å². The first-order valence-electron chi connectivity index (χ1n) is 6.89. The summed E-state index contributed by atoms with van der Waals surface area (Å²) in [4.78, 5) is 24.9. The molecule has 0 saturated carbocycles. The average molecular weight is 339 g/mol. The number of tetrazole rings is 2. The molecule has 0 aliphatic rings. The van der Waals surface area contributed by atoms with Crippen LogP contribution in [0.15, 0.2) is 0 Å². The molecule has 0 spiro atoms. The van der Waals surface area contributed by atoms with Crippen molar-refractivity contribution in [2.24, 2.45) is 0 Å². The summed E-state index contributed by atoms with van der Waals surface area (Å²) in [6, 6.07) is -0.833. The molecule has 0 aliphatic heterocycles. The molecular formula is C9H17N13O2. The number of nitrogens with one attached hydrogen (secondary N) is 6. The summed E-state index contributed by atoms with van der Waals surface area (Å²) in [6.07, 6.45) is 0. The second-order valence-electron chi connectivity index (χ2n) is 4.56. The first kappa shape index (κ1) is 17.0. The standard InChI is InChI=1S/C9H17N13O2/c1-22(4-2-10-8(23)12-6-14-18-19-15-6)5-3-11-9(24)13-7-16-20-21-17-7/h2-5H2,1H3,(H3,10,12,14,15,18,19,23)(H3,11,13,16,17,20,21,24). The quantitative estimate of drug-likeness (QED) is 0.303. The van der Waals surface area contributed by atoms with Gasteiger partial charge in [0.2, 0.25) is 11.9 Å². The summed E-state index contributed by atoms with van der Waals surface area (Å²) >= 11 is 0. The first-order chi connectivity index (χ1) is 11.6. The van der Waals surface area contributed by atoms with E-state index in [4.69, 9.17) is 0 Å². The van der Waals surface area contributed by atoms with Crippen molar-refractivity contribution in [2.75, 3.05) is 43.9 Å². The Morgan fingerprint density at radius 3 is 1.75 bits per heavy atom. The van der Waals surface area contributed by atoms with Gasteiger partial charge in [-0.2, -0.15) is 0 Å². The van der Waals surface area contributed by atoms with E-state index in [0.29, 0.717) is 26.2 Å². The highest BCUT2D eigenvalue weighted by Gasteiger charge is 2.06. The van der Waals surface area contributed by atoms with Gasteiger partial charge in [0.25, 0.3) is 0 Å². The van der Waals surface area contributed by atoms with Crippen molar-refractivity contribution in [1.82, 2.24) is 56.8 Å². The number of amides is 4. The molecule has 6 N–H and O–H groups in total. The van der Waals surface area contributed by atoms with Gasteiger partial charge in [-0.15, -0.1) is 0 Å². The topological polar surface area (TPSA) is 194 Å². The molecule has 0 unspecified atom stereocenters. The lowest BCUT2D eigenvalue weighted by Crippen LogP contribution is -2.39. The van der Waals surface area contributed by atoms with Crippen molar-refractivity contribution in [3.8, 4) is 0 Å². The number of anilines is 2. The summed E-state index contributed by atoms with van der Waals surface area (Å²) < 4.78 is 0. The zero-order chi connectivity index (χ0) is 17.2. The number of hydrogen-bond donors (Lipinski definition) is 6. The third-order valence-electron chi connectivity index (χ3n) is 2.71. The lowest BCUT2D eigenvalue weighted by atomic mass is 10.5. The van der Waals surface area contributed by atoms with Crippen LogP contribution < -0.4 is 21.3 Å². The van der Waals surface area contributed by atoms with Crippen molar-refractivity contribution in [2.45, 2.75) is 0 Å². The van der Waals surface area contributed by atoms with E-state index in [1.165, 1.54) is 0 Å². The predicted octanol–water partition coefficient (Wildman–Crippen LogP) is -2.41. The average Bonchev–Trinajstić information content (AvgIpc) is 3.21. The highest BCUT2D eigenvalue weighted by atomic mass is 16.2. The van der Waals surface area contributed by atoms with Crippen LogP contribution in [0.2, 0.25) is 0 Å². The van der Waals surface area contributed by atoms with Crippen LogP contribution in [-0.2, 0) is 0 Å². The maximum absolute atomic E-state index is 11.5. The number of rotatable bonds is 8. The molecule has 2 heterocycles. The smallest absolute Gasteiger partial charge is 0.321 e.